The molecule has 2 heterocycles. The first kappa shape index (κ1) is 22.4. The lowest BCUT2D eigenvalue weighted by Gasteiger charge is -2.20. The predicted molar refractivity (Wildman–Crippen MR) is 131 cm³/mol. The van der Waals surface area contributed by atoms with Crippen LogP contribution in [-0.4, -0.2) is 46.3 Å². The van der Waals surface area contributed by atoms with Crippen molar-refractivity contribution in [1.82, 2.24) is 14.7 Å². The summed E-state index contributed by atoms with van der Waals surface area (Å²) in [6.45, 7) is 3.83. The molecule has 6 heteroatoms. The SMILES string of the molecule is CCOC(=O)c1cnn(-c2cccc(-c3cccc(C(=O)N4CCCCCC4)c3)c2)c1C1CC1. The monoisotopic (exact) mass is 457 g/mol. The zero-order valence-corrected chi connectivity index (χ0v) is 19.7. The van der Waals surface area contributed by atoms with Gasteiger partial charge in [0.2, 0.25) is 0 Å². The molecule has 1 saturated carbocycles. The zero-order chi connectivity index (χ0) is 23.5. The second-order valence-corrected chi connectivity index (χ2v) is 9.19. The summed E-state index contributed by atoms with van der Waals surface area (Å²) < 4.78 is 7.13. The minimum absolute atomic E-state index is 0.113. The van der Waals surface area contributed by atoms with Crippen molar-refractivity contribution < 1.29 is 14.3 Å². The molecule has 176 valence electrons. The van der Waals surface area contributed by atoms with Crippen LogP contribution >= 0.6 is 0 Å². The highest BCUT2D eigenvalue weighted by atomic mass is 16.5. The molecule has 2 fully saturated rings. The highest BCUT2D eigenvalue weighted by Crippen LogP contribution is 2.43. The lowest BCUT2D eigenvalue weighted by atomic mass is 10.0. The van der Waals surface area contributed by atoms with Crippen LogP contribution in [0, 0.1) is 0 Å². The Morgan fingerprint density at radius 3 is 2.38 bits per heavy atom. The Morgan fingerprint density at radius 1 is 0.971 bits per heavy atom. The van der Waals surface area contributed by atoms with Crippen LogP contribution in [0.25, 0.3) is 16.8 Å². The van der Waals surface area contributed by atoms with Gasteiger partial charge < -0.3 is 9.64 Å². The average molecular weight is 458 g/mol. The third-order valence-electron chi connectivity index (χ3n) is 6.69. The van der Waals surface area contributed by atoms with E-state index in [9.17, 15) is 9.59 Å². The molecule has 0 bridgehead atoms. The number of carbonyl (C=O) groups excluding carboxylic acids is 2. The van der Waals surface area contributed by atoms with E-state index in [-0.39, 0.29) is 11.9 Å². The number of aromatic nitrogens is 2. The second-order valence-electron chi connectivity index (χ2n) is 9.19. The zero-order valence-electron chi connectivity index (χ0n) is 19.7. The molecule has 3 aromatic rings. The van der Waals surface area contributed by atoms with Gasteiger partial charge in [-0.3, -0.25) is 4.79 Å². The average Bonchev–Trinajstić information content (AvgIpc) is 3.67. The van der Waals surface area contributed by atoms with Crippen molar-refractivity contribution in [1.29, 1.82) is 0 Å². The normalized spacial score (nSPS) is 16.2. The molecule has 0 spiro atoms. The van der Waals surface area contributed by atoms with Crippen LogP contribution in [0.4, 0.5) is 0 Å². The molecule has 0 radical (unpaired) electrons. The van der Waals surface area contributed by atoms with Gasteiger partial charge in [0.1, 0.15) is 5.56 Å². The molecular formula is C28H31N3O3. The topological polar surface area (TPSA) is 64.4 Å². The van der Waals surface area contributed by atoms with E-state index < -0.39 is 0 Å². The molecule has 5 rings (SSSR count). The molecule has 6 nitrogen and oxygen atoms in total. The minimum atomic E-state index is -0.313. The van der Waals surface area contributed by atoms with Gasteiger partial charge in [-0.2, -0.15) is 5.10 Å². The van der Waals surface area contributed by atoms with Crippen LogP contribution in [0.5, 0.6) is 0 Å². The number of likely N-dealkylation sites (tertiary alicyclic amines) is 1. The molecular weight excluding hydrogens is 426 g/mol. The molecule has 0 atom stereocenters. The number of carbonyl (C=O) groups is 2. The van der Waals surface area contributed by atoms with Crippen molar-refractivity contribution in [3.8, 4) is 16.8 Å². The molecule has 2 aliphatic rings. The third kappa shape index (κ3) is 4.63. The van der Waals surface area contributed by atoms with Gasteiger partial charge in [0.25, 0.3) is 5.91 Å². The van der Waals surface area contributed by atoms with Crippen molar-refractivity contribution in [2.75, 3.05) is 19.7 Å². The number of hydrogen-bond acceptors (Lipinski definition) is 4. The van der Waals surface area contributed by atoms with Crippen molar-refractivity contribution in [2.45, 2.75) is 51.4 Å². The third-order valence-corrected chi connectivity index (χ3v) is 6.69. The van der Waals surface area contributed by atoms with Crippen LogP contribution < -0.4 is 0 Å². The van der Waals surface area contributed by atoms with Crippen molar-refractivity contribution in [3.05, 3.63) is 71.5 Å². The molecule has 1 amide bonds. The van der Waals surface area contributed by atoms with Crippen LogP contribution in [0.15, 0.2) is 54.7 Å². The standard InChI is InChI=1S/C28H31N3O3/c1-2-34-28(33)25-19-29-31(26(25)20-13-14-20)24-12-8-10-22(18-24)21-9-7-11-23(17-21)27(32)30-15-5-3-4-6-16-30/h7-12,17-20H,2-6,13-16H2,1H3. The maximum absolute atomic E-state index is 13.1. The fourth-order valence-electron chi connectivity index (χ4n) is 4.78. The summed E-state index contributed by atoms with van der Waals surface area (Å²) in [4.78, 5) is 27.6. The number of benzene rings is 2. The largest absolute Gasteiger partial charge is 0.462 e. The molecule has 2 aromatic carbocycles. The number of ether oxygens (including phenoxy) is 1. The van der Waals surface area contributed by atoms with E-state index in [1.54, 1.807) is 6.20 Å². The maximum Gasteiger partial charge on any atom is 0.341 e. The van der Waals surface area contributed by atoms with Gasteiger partial charge >= 0.3 is 5.97 Å². The van der Waals surface area contributed by atoms with Gasteiger partial charge in [-0.05, 0) is 68.0 Å². The Kier molecular flexibility index (Phi) is 6.48. The van der Waals surface area contributed by atoms with E-state index >= 15 is 0 Å². The van der Waals surface area contributed by atoms with E-state index in [2.05, 4.69) is 11.2 Å². The van der Waals surface area contributed by atoms with Crippen LogP contribution in [0.2, 0.25) is 0 Å². The second kappa shape index (κ2) is 9.84. The summed E-state index contributed by atoms with van der Waals surface area (Å²) in [5, 5.41) is 4.56. The Hall–Kier alpha value is -3.41. The molecule has 1 aliphatic heterocycles. The number of rotatable bonds is 6. The maximum atomic E-state index is 13.1. The van der Waals surface area contributed by atoms with Gasteiger partial charge in [-0.1, -0.05) is 37.1 Å². The molecule has 34 heavy (non-hydrogen) atoms. The molecule has 1 aliphatic carbocycles. The molecule has 1 saturated heterocycles. The highest BCUT2D eigenvalue weighted by Gasteiger charge is 2.33. The Morgan fingerprint density at radius 2 is 1.68 bits per heavy atom. The highest BCUT2D eigenvalue weighted by molar-refractivity contribution is 5.95. The lowest BCUT2D eigenvalue weighted by molar-refractivity contribution is 0.0524. The first-order chi connectivity index (χ1) is 16.7. The summed E-state index contributed by atoms with van der Waals surface area (Å²) in [7, 11) is 0. The molecule has 1 aromatic heterocycles. The first-order valence-electron chi connectivity index (χ1n) is 12.4. The summed E-state index contributed by atoms with van der Waals surface area (Å²) >= 11 is 0. The van der Waals surface area contributed by atoms with E-state index in [4.69, 9.17) is 4.74 Å². The van der Waals surface area contributed by atoms with Crippen LogP contribution in [-0.2, 0) is 4.74 Å². The number of hydrogen-bond donors (Lipinski definition) is 0. The van der Waals surface area contributed by atoms with Gasteiger partial charge in [0, 0.05) is 24.6 Å². The number of amides is 1. The van der Waals surface area contributed by atoms with Gasteiger partial charge in [-0.25, -0.2) is 9.48 Å². The van der Waals surface area contributed by atoms with E-state index in [1.165, 1.54) is 12.8 Å². The summed E-state index contributed by atoms with van der Waals surface area (Å²) in [6, 6.07) is 16.0. The van der Waals surface area contributed by atoms with Crippen molar-refractivity contribution in [3.63, 3.8) is 0 Å². The number of esters is 1. The van der Waals surface area contributed by atoms with E-state index in [0.29, 0.717) is 18.1 Å². The predicted octanol–water partition coefficient (Wildman–Crippen LogP) is 5.61. The quantitative estimate of drug-likeness (QED) is 0.451. The van der Waals surface area contributed by atoms with Crippen LogP contribution in [0.1, 0.15) is 77.8 Å². The van der Waals surface area contributed by atoms with Gasteiger partial charge in [0.15, 0.2) is 0 Å². The number of nitrogens with zero attached hydrogens (tertiary/aromatic N) is 3. The van der Waals surface area contributed by atoms with E-state index in [1.807, 2.05) is 59.0 Å². The summed E-state index contributed by atoms with van der Waals surface area (Å²) in [5.41, 5.74) is 5.12. The first-order valence-corrected chi connectivity index (χ1v) is 12.4. The van der Waals surface area contributed by atoms with Gasteiger partial charge in [-0.15, -0.1) is 0 Å². The molecule has 0 unspecified atom stereocenters. The fourth-order valence-corrected chi connectivity index (χ4v) is 4.78. The summed E-state index contributed by atoms with van der Waals surface area (Å²) in [6.07, 6.45) is 8.29. The summed E-state index contributed by atoms with van der Waals surface area (Å²) in [5.74, 6) is 0.133. The van der Waals surface area contributed by atoms with Gasteiger partial charge in [0.05, 0.1) is 24.2 Å². The van der Waals surface area contributed by atoms with Crippen LogP contribution in [0.3, 0.4) is 0 Å². The van der Waals surface area contributed by atoms with Crippen molar-refractivity contribution >= 4 is 11.9 Å². The lowest BCUT2D eigenvalue weighted by Crippen LogP contribution is -2.31. The Balaban J connectivity index is 1.45. The minimum Gasteiger partial charge on any atom is -0.462 e. The fraction of sp³-hybridized carbons (Fsp3) is 0.393. The Bertz CT molecular complexity index is 1190. The van der Waals surface area contributed by atoms with E-state index in [0.717, 1.165) is 66.8 Å². The Labute approximate surface area is 200 Å². The molecule has 0 N–H and O–H groups in total. The van der Waals surface area contributed by atoms with Crippen molar-refractivity contribution in [2.24, 2.45) is 0 Å². The smallest absolute Gasteiger partial charge is 0.341 e.